The molecule has 1 rings (SSSR count). The van der Waals surface area contributed by atoms with Gasteiger partial charge in [-0.1, -0.05) is 0 Å². The van der Waals surface area contributed by atoms with Crippen molar-refractivity contribution < 1.29 is 4.15 Å². The van der Waals surface area contributed by atoms with Gasteiger partial charge in [-0.3, -0.25) is 0 Å². The average molecular weight is 70.1 g/mol. The van der Waals surface area contributed by atoms with E-state index < -0.39 is 0 Å². The fraction of sp³-hybridized carbons (Fsp3) is 0. The SMILES string of the molecule is [2H]c1ccn([2H])c1[2H]. The lowest BCUT2D eigenvalue weighted by atomic mass is 10.7. The fourth-order valence-electron chi connectivity index (χ4n) is 0.186. The van der Waals surface area contributed by atoms with Crippen molar-refractivity contribution in [3.8, 4) is 0 Å². The van der Waals surface area contributed by atoms with Crippen LogP contribution in [0.25, 0.3) is 0 Å². The van der Waals surface area contributed by atoms with Crippen LogP contribution in [0.3, 0.4) is 0 Å². The summed E-state index contributed by atoms with van der Waals surface area (Å²) in [5, 5.41) is 0. The van der Waals surface area contributed by atoms with Gasteiger partial charge in [-0.2, -0.15) is 0 Å². The first-order valence-corrected chi connectivity index (χ1v) is 1.35. The van der Waals surface area contributed by atoms with Crippen molar-refractivity contribution in [3.05, 3.63) is 24.5 Å². The van der Waals surface area contributed by atoms with Crippen molar-refractivity contribution in [3.63, 3.8) is 0 Å². The van der Waals surface area contributed by atoms with Gasteiger partial charge < -0.3 is 4.98 Å². The first-order valence-electron chi connectivity index (χ1n) is 2.80. The molecule has 26 valence electrons. The van der Waals surface area contributed by atoms with E-state index in [1.165, 1.54) is 12.3 Å². The second kappa shape index (κ2) is 0.931. The molecule has 0 spiro atoms. The van der Waals surface area contributed by atoms with E-state index >= 15 is 0 Å². The number of rotatable bonds is 0. The summed E-state index contributed by atoms with van der Waals surface area (Å²) in [7, 11) is 0. The van der Waals surface area contributed by atoms with Crippen LogP contribution >= 0.6 is 0 Å². The average Bonchev–Trinajstić information content (AvgIpc) is 1.98. The Bertz CT molecular complexity index is 174. The number of hydrogen-bond donors (Lipinski definition) is 1. The van der Waals surface area contributed by atoms with Crippen LogP contribution < -0.4 is 0 Å². The van der Waals surface area contributed by atoms with Crippen molar-refractivity contribution >= 4 is 0 Å². The molecule has 0 aliphatic rings. The zero-order chi connectivity index (χ0) is 6.15. The molecule has 0 atom stereocenters. The molecule has 1 heterocycles. The standard InChI is InChI=1S/C4H5N/c1-2-4-5-3-1/h1-5H/i1D,3D/hD. The van der Waals surface area contributed by atoms with Gasteiger partial charge in [0.15, 0.2) is 1.41 Å². The summed E-state index contributed by atoms with van der Waals surface area (Å²) >= 11 is 0. The molecule has 1 heteroatoms. The molecular weight excluding hydrogens is 62.1 g/mol. The van der Waals surface area contributed by atoms with Gasteiger partial charge in [-0.25, -0.2) is 0 Å². The molecule has 1 aromatic heterocycles. The normalized spacial score (nSPS) is 16.4. The number of nitrogens with one attached hydrogen (secondary N) is 1. The maximum absolute atomic E-state index is 6.91. The first kappa shape index (κ1) is 0.869. The van der Waals surface area contributed by atoms with Gasteiger partial charge in [0.25, 0.3) is 0 Å². The molecule has 0 saturated carbocycles. The smallest absolute Gasteiger partial charge is 0.165 e. The lowest BCUT2D eigenvalue weighted by Gasteiger charge is -1.49. The minimum atomic E-state index is -0.0648. The van der Waals surface area contributed by atoms with E-state index in [0.717, 1.165) is 4.98 Å². The maximum Gasteiger partial charge on any atom is 0.165 e. The third-order valence-electron chi connectivity index (χ3n) is 0.362. The summed E-state index contributed by atoms with van der Waals surface area (Å²) in [6, 6.07) is 1.51. The summed E-state index contributed by atoms with van der Waals surface area (Å²) in [5.74, 6) is 0. The van der Waals surface area contributed by atoms with Crippen molar-refractivity contribution in [2.75, 3.05) is 0 Å². The Morgan fingerprint density at radius 3 is 3.20 bits per heavy atom. The van der Waals surface area contributed by atoms with Gasteiger partial charge in [0.1, 0.15) is 0 Å². The second-order valence-electron chi connectivity index (χ2n) is 0.701. The molecule has 0 saturated heterocycles. The predicted molar refractivity (Wildman–Crippen MR) is 20.8 cm³/mol. The maximum atomic E-state index is 6.91. The fourth-order valence-corrected chi connectivity index (χ4v) is 0.186. The number of aromatic nitrogens is 1. The molecule has 5 heavy (non-hydrogen) atoms. The van der Waals surface area contributed by atoms with Crippen LogP contribution in [0.2, 0.25) is 1.41 Å². The van der Waals surface area contributed by atoms with Crippen molar-refractivity contribution in [2.45, 2.75) is 0 Å². The van der Waals surface area contributed by atoms with Gasteiger partial charge in [0.05, 0.1) is 2.74 Å². The molecule has 0 unspecified atom stereocenters. The van der Waals surface area contributed by atoms with Crippen LogP contribution in [0, 0.1) is 0 Å². The third kappa shape index (κ3) is 0.293. The molecule has 0 aromatic carbocycles. The van der Waals surface area contributed by atoms with E-state index in [1.54, 1.807) is 0 Å². The van der Waals surface area contributed by atoms with Gasteiger partial charge in [0.2, 0.25) is 0 Å². The summed E-state index contributed by atoms with van der Waals surface area (Å²) < 4.78 is 20.7. The minimum absolute atomic E-state index is 0.0648. The van der Waals surface area contributed by atoms with Gasteiger partial charge in [-0.15, -0.1) is 0 Å². The van der Waals surface area contributed by atoms with Crippen LogP contribution in [0.5, 0.6) is 0 Å². The molecule has 0 bridgehead atoms. The zero-order valence-electron chi connectivity index (χ0n) is 5.60. The first-order chi connectivity index (χ1) is 3.72. The van der Waals surface area contributed by atoms with Gasteiger partial charge in [0, 0.05) is 12.4 Å². The predicted octanol–water partition coefficient (Wildman–Crippen LogP) is 1.01. The largest absolute Gasteiger partial charge is 0.368 e. The van der Waals surface area contributed by atoms with E-state index in [9.17, 15) is 0 Å². The monoisotopic (exact) mass is 70.1 g/mol. The Morgan fingerprint density at radius 2 is 3.00 bits per heavy atom. The molecule has 0 fully saturated rings. The Hall–Kier alpha value is -0.720. The second-order valence-corrected chi connectivity index (χ2v) is 0.701. The summed E-state index contributed by atoms with van der Waals surface area (Å²) in [5.41, 5.74) is 0. The van der Waals surface area contributed by atoms with Crippen molar-refractivity contribution in [1.29, 1.82) is 0 Å². The van der Waals surface area contributed by atoms with E-state index in [-0.39, 0.29) is 12.2 Å². The molecule has 1 aromatic rings. The van der Waals surface area contributed by atoms with E-state index in [4.69, 9.17) is 4.15 Å². The van der Waals surface area contributed by atoms with Crippen LogP contribution in [0.15, 0.2) is 24.5 Å². The van der Waals surface area contributed by atoms with Crippen LogP contribution in [0.4, 0.5) is 0 Å². The molecule has 0 radical (unpaired) electrons. The van der Waals surface area contributed by atoms with Gasteiger partial charge >= 0.3 is 0 Å². The Morgan fingerprint density at radius 1 is 2.00 bits per heavy atom. The zero-order valence-corrected chi connectivity index (χ0v) is 2.60. The van der Waals surface area contributed by atoms with Gasteiger partial charge in [-0.05, 0) is 12.1 Å². The number of H-pyrrole nitrogens is 1. The quantitative estimate of drug-likeness (QED) is 0.469. The highest BCUT2D eigenvalue weighted by molar-refractivity contribution is 4.84. The Kier molecular flexibility index (Phi) is 0.162. The van der Waals surface area contributed by atoms with Crippen LogP contribution in [-0.2, 0) is 0 Å². The summed E-state index contributed by atoms with van der Waals surface area (Å²) in [6.45, 7) is 0. The number of hydrogen-bond acceptors (Lipinski definition) is 0. The third-order valence-corrected chi connectivity index (χ3v) is 0.362. The molecular formula is C4H5N. The van der Waals surface area contributed by atoms with E-state index in [0.29, 0.717) is 0 Å². The van der Waals surface area contributed by atoms with Crippen molar-refractivity contribution in [2.24, 2.45) is 0 Å². The number of aromatic amines is 1. The van der Waals surface area contributed by atoms with Crippen LogP contribution in [-0.4, -0.2) is 4.98 Å². The molecule has 0 aliphatic carbocycles. The highest BCUT2D eigenvalue weighted by atomic mass is 14.6. The lowest BCUT2D eigenvalue weighted by molar-refractivity contribution is 1.42. The molecule has 1 nitrogen and oxygen atoms in total. The highest BCUT2D eigenvalue weighted by Gasteiger charge is 1.55. The summed E-state index contributed by atoms with van der Waals surface area (Å²) in [4.78, 5) is 0.850. The topological polar surface area (TPSA) is 15.8 Å². The molecule has 0 amide bonds. The van der Waals surface area contributed by atoms with Crippen LogP contribution in [0.1, 0.15) is 2.74 Å². The minimum Gasteiger partial charge on any atom is -0.368 e. The summed E-state index contributed by atoms with van der Waals surface area (Å²) in [6.07, 6.45) is 1.30. The lowest BCUT2D eigenvalue weighted by Crippen LogP contribution is -1.38. The van der Waals surface area contributed by atoms with Crippen molar-refractivity contribution in [1.82, 2.24) is 4.98 Å². The highest BCUT2D eigenvalue weighted by Crippen LogP contribution is 1.72. The van der Waals surface area contributed by atoms with E-state index in [2.05, 4.69) is 0 Å². The Labute approximate surface area is 34.9 Å². The molecule has 1 N–H and O–H groups in total. The molecule has 0 aliphatic heterocycles. The van der Waals surface area contributed by atoms with E-state index in [1.807, 2.05) is 0 Å². The Balaban J connectivity index is 3.19.